The Balaban J connectivity index is 2.02. The summed E-state index contributed by atoms with van der Waals surface area (Å²) in [5, 5.41) is 10.4. The van der Waals surface area contributed by atoms with Crippen LogP contribution in [-0.2, 0) is 0 Å². The van der Waals surface area contributed by atoms with E-state index >= 15 is 0 Å². The Morgan fingerprint density at radius 3 is 2.33 bits per heavy atom. The van der Waals surface area contributed by atoms with Crippen LogP contribution in [0.5, 0.6) is 0 Å². The van der Waals surface area contributed by atoms with Crippen LogP contribution in [0.25, 0.3) is 5.69 Å². The molecule has 0 saturated carbocycles. The third kappa shape index (κ3) is 4.34. The molecule has 142 valence electrons. The third-order valence-corrected chi connectivity index (χ3v) is 5.94. The molecule has 0 amide bonds. The van der Waals surface area contributed by atoms with E-state index in [0.717, 1.165) is 27.3 Å². The number of hydrogen-bond acceptors (Lipinski definition) is 4. The maximum absolute atomic E-state index is 13.4. The number of rotatable bonds is 6. The molecule has 3 aromatic rings. The summed E-state index contributed by atoms with van der Waals surface area (Å²) in [6.45, 7) is 4.15. The van der Waals surface area contributed by atoms with Crippen molar-refractivity contribution in [2.24, 2.45) is 0 Å². The quantitative estimate of drug-likeness (QED) is 0.505. The molecule has 1 heterocycles. The normalized spacial score (nSPS) is 13.7. The Morgan fingerprint density at radius 2 is 1.70 bits per heavy atom. The molecule has 0 radical (unpaired) electrons. The van der Waals surface area contributed by atoms with E-state index in [-0.39, 0.29) is 17.1 Å². The van der Waals surface area contributed by atoms with Gasteiger partial charge >= 0.3 is 0 Å². The highest BCUT2D eigenvalue weighted by Crippen LogP contribution is 2.38. The van der Waals surface area contributed by atoms with Crippen LogP contribution in [0.1, 0.15) is 36.5 Å². The van der Waals surface area contributed by atoms with E-state index in [1.54, 1.807) is 23.9 Å². The molecule has 27 heavy (non-hydrogen) atoms. The Hall–Kier alpha value is -1.89. The lowest BCUT2D eigenvalue weighted by Crippen LogP contribution is -2.20. The van der Waals surface area contributed by atoms with Gasteiger partial charge in [-0.25, -0.2) is 4.39 Å². The molecule has 0 aliphatic heterocycles. The zero-order valence-electron chi connectivity index (χ0n) is 15.7. The lowest BCUT2D eigenvalue weighted by atomic mass is 10.2. The second-order valence-electron chi connectivity index (χ2n) is 6.57. The van der Waals surface area contributed by atoms with Gasteiger partial charge < -0.3 is 0 Å². The number of halogens is 2. The summed E-state index contributed by atoms with van der Waals surface area (Å²) in [7, 11) is 3.99. The van der Waals surface area contributed by atoms with Gasteiger partial charge in [0.25, 0.3) is 0 Å². The van der Waals surface area contributed by atoms with Gasteiger partial charge in [-0.15, -0.1) is 10.2 Å². The fourth-order valence-electron chi connectivity index (χ4n) is 2.72. The summed E-state index contributed by atoms with van der Waals surface area (Å²) in [5.41, 5.74) is 1.87. The lowest BCUT2D eigenvalue weighted by molar-refractivity contribution is 0.305. The van der Waals surface area contributed by atoms with Crippen molar-refractivity contribution >= 4 is 23.4 Å². The van der Waals surface area contributed by atoms with Gasteiger partial charge in [0.2, 0.25) is 0 Å². The second-order valence-corrected chi connectivity index (χ2v) is 8.29. The van der Waals surface area contributed by atoms with Crippen molar-refractivity contribution in [1.29, 1.82) is 0 Å². The molecule has 4 nitrogen and oxygen atoms in total. The van der Waals surface area contributed by atoms with Crippen molar-refractivity contribution < 1.29 is 4.39 Å². The first kappa shape index (κ1) is 19.9. The molecule has 0 N–H and O–H groups in total. The smallest absolute Gasteiger partial charge is 0.196 e. The summed E-state index contributed by atoms with van der Waals surface area (Å²) in [4.78, 5) is 2.07. The van der Waals surface area contributed by atoms with Gasteiger partial charge in [0.1, 0.15) is 5.82 Å². The fourth-order valence-corrected chi connectivity index (χ4v) is 4.12. The van der Waals surface area contributed by atoms with Crippen molar-refractivity contribution in [3.63, 3.8) is 0 Å². The molecule has 3 rings (SSSR count). The Kier molecular flexibility index (Phi) is 6.19. The van der Waals surface area contributed by atoms with E-state index in [1.165, 1.54) is 12.1 Å². The lowest BCUT2D eigenvalue weighted by Gasteiger charge is -2.21. The standard InChI is InChI=1S/C20H22ClFN4S/c1-13(25(3)4)19-23-24-20(26(19)16-11-9-15(22)10-12-16)27-14(2)17-7-5-6-8-18(17)21/h5-14H,1-4H3/t13-,14+/m0/s1. The van der Waals surface area contributed by atoms with Crippen LogP contribution >= 0.6 is 23.4 Å². The number of hydrogen-bond donors (Lipinski definition) is 0. The predicted molar refractivity (Wildman–Crippen MR) is 109 cm³/mol. The monoisotopic (exact) mass is 404 g/mol. The molecule has 0 fully saturated rings. The molecular weight excluding hydrogens is 383 g/mol. The largest absolute Gasteiger partial charge is 0.300 e. The molecule has 7 heteroatoms. The van der Waals surface area contributed by atoms with E-state index in [0.29, 0.717) is 0 Å². The Morgan fingerprint density at radius 1 is 1.04 bits per heavy atom. The minimum absolute atomic E-state index is 0.0486. The highest BCUT2D eigenvalue weighted by Gasteiger charge is 2.23. The van der Waals surface area contributed by atoms with Gasteiger partial charge in [0.05, 0.1) is 6.04 Å². The molecule has 0 spiro atoms. The minimum Gasteiger partial charge on any atom is -0.300 e. The van der Waals surface area contributed by atoms with Crippen molar-refractivity contribution in [3.8, 4) is 5.69 Å². The van der Waals surface area contributed by atoms with Crippen LogP contribution in [-0.4, -0.2) is 33.8 Å². The summed E-state index contributed by atoms with van der Waals surface area (Å²) in [6.07, 6.45) is 0. The molecule has 0 bridgehead atoms. The Bertz CT molecular complexity index is 911. The minimum atomic E-state index is -0.271. The van der Waals surface area contributed by atoms with E-state index in [4.69, 9.17) is 11.6 Å². The summed E-state index contributed by atoms with van der Waals surface area (Å²) < 4.78 is 15.4. The molecule has 1 aromatic heterocycles. The Labute approximate surface area is 168 Å². The number of benzene rings is 2. The molecule has 0 unspecified atom stereocenters. The first-order valence-corrected chi connectivity index (χ1v) is 9.93. The average Bonchev–Trinajstić information content (AvgIpc) is 3.05. The van der Waals surface area contributed by atoms with Crippen LogP contribution in [0.15, 0.2) is 53.7 Å². The maximum Gasteiger partial charge on any atom is 0.196 e. The summed E-state index contributed by atoms with van der Waals surface area (Å²) in [6, 6.07) is 14.2. The number of nitrogens with zero attached hydrogens (tertiary/aromatic N) is 4. The summed E-state index contributed by atoms with van der Waals surface area (Å²) in [5.74, 6) is 0.535. The fraction of sp³-hybridized carbons (Fsp3) is 0.300. The predicted octanol–water partition coefficient (Wildman–Crippen LogP) is 5.54. The van der Waals surface area contributed by atoms with Crippen LogP contribution in [0, 0.1) is 5.82 Å². The number of thioether (sulfide) groups is 1. The van der Waals surface area contributed by atoms with Gasteiger partial charge in [0.15, 0.2) is 11.0 Å². The first-order chi connectivity index (χ1) is 12.9. The number of aromatic nitrogens is 3. The molecular formula is C20H22ClFN4S. The average molecular weight is 405 g/mol. The van der Waals surface area contributed by atoms with Crippen molar-refractivity contribution in [2.45, 2.75) is 30.3 Å². The molecule has 0 aliphatic carbocycles. The molecule has 0 aliphatic rings. The van der Waals surface area contributed by atoms with Crippen molar-refractivity contribution in [2.75, 3.05) is 14.1 Å². The van der Waals surface area contributed by atoms with Crippen molar-refractivity contribution in [3.05, 3.63) is 70.8 Å². The van der Waals surface area contributed by atoms with Crippen LogP contribution < -0.4 is 0 Å². The first-order valence-electron chi connectivity index (χ1n) is 8.67. The van der Waals surface area contributed by atoms with E-state index in [1.807, 2.05) is 42.9 Å². The third-order valence-electron chi connectivity index (χ3n) is 4.52. The van der Waals surface area contributed by atoms with Gasteiger partial charge in [-0.1, -0.05) is 41.6 Å². The van der Waals surface area contributed by atoms with Gasteiger partial charge in [-0.3, -0.25) is 9.47 Å². The molecule has 2 aromatic carbocycles. The van der Waals surface area contributed by atoms with E-state index in [9.17, 15) is 4.39 Å². The molecule has 0 saturated heterocycles. The highest BCUT2D eigenvalue weighted by molar-refractivity contribution is 7.99. The zero-order valence-corrected chi connectivity index (χ0v) is 17.3. The van der Waals surface area contributed by atoms with Crippen LogP contribution in [0.3, 0.4) is 0 Å². The highest BCUT2D eigenvalue weighted by atomic mass is 35.5. The topological polar surface area (TPSA) is 34.0 Å². The summed E-state index contributed by atoms with van der Waals surface area (Å²) >= 11 is 7.93. The van der Waals surface area contributed by atoms with Crippen LogP contribution in [0.2, 0.25) is 5.02 Å². The van der Waals surface area contributed by atoms with Crippen molar-refractivity contribution in [1.82, 2.24) is 19.7 Å². The van der Waals surface area contributed by atoms with Crippen LogP contribution in [0.4, 0.5) is 4.39 Å². The van der Waals surface area contributed by atoms with Gasteiger partial charge in [-0.05, 0) is 63.8 Å². The van der Waals surface area contributed by atoms with Gasteiger partial charge in [-0.2, -0.15) is 0 Å². The SMILES string of the molecule is C[C@@H](Sc1nnc([C@H](C)N(C)C)n1-c1ccc(F)cc1)c1ccccc1Cl. The second kappa shape index (κ2) is 8.42. The maximum atomic E-state index is 13.4. The van der Waals surface area contributed by atoms with E-state index < -0.39 is 0 Å². The van der Waals surface area contributed by atoms with E-state index in [2.05, 4.69) is 28.9 Å². The zero-order chi connectivity index (χ0) is 19.6. The molecule has 2 atom stereocenters. The van der Waals surface area contributed by atoms with Gasteiger partial charge in [0, 0.05) is 16.0 Å².